The smallest absolute Gasteiger partial charge is 0.0471 e. The van der Waals surface area contributed by atoms with Crippen molar-refractivity contribution in [1.29, 1.82) is 0 Å². The summed E-state index contributed by atoms with van der Waals surface area (Å²) in [5.41, 5.74) is 16.6. The van der Waals surface area contributed by atoms with Gasteiger partial charge < -0.3 is 4.90 Å². The van der Waals surface area contributed by atoms with E-state index in [0.717, 1.165) is 17.8 Å². The van der Waals surface area contributed by atoms with Gasteiger partial charge in [0, 0.05) is 22.5 Å². The van der Waals surface area contributed by atoms with Crippen LogP contribution in [-0.2, 0) is 5.41 Å². The Morgan fingerprint density at radius 2 is 1.08 bits per heavy atom. The third-order valence-electron chi connectivity index (χ3n) is 14.8. The molecular formula is C52H57N. The largest absolute Gasteiger partial charge is 0.310 e. The van der Waals surface area contributed by atoms with E-state index in [4.69, 9.17) is 0 Å². The maximum atomic E-state index is 2.56. The van der Waals surface area contributed by atoms with Crippen molar-refractivity contribution in [3.63, 3.8) is 0 Å². The summed E-state index contributed by atoms with van der Waals surface area (Å²) in [4.78, 5) is 2.56. The number of anilines is 3. The Balaban J connectivity index is 1.11. The molecule has 3 unspecified atom stereocenters. The summed E-state index contributed by atoms with van der Waals surface area (Å²) in [7, 11) is 0. The molecule has 0 spiro atoms. The number of benzene rings is 5. The monoisotopic (exact) mass is 695 g/mol. The lowest BCUT2D eigenvalue weighted by Gasteiger charge is -2.30. The topological polar surface area (TPSA) is 3.24 Å². The average molecular weight is 696 g/mol. The van der Waals surface area contributed by atoms with Gasteiger partial charge in [0.05, 0.1) is 0 Å². The van der Waals surface area contributed by atoms with E-state index < -0.39 is 0 Å². The van der Waals surface area contributed by atoms with Gasteiger partial charge in [-0.2, -0.15) is 0 Å². The Labute approximate surface area is 318 Å². The Bertz CT molecular complexity index is 2070. The Hall–Kier alpha value is -4.10. The van der Waals surface area contributed by atoms with Crippen LogP contribution in [0.15, 0.2) is 109 Å². The summed E-state index contributed by atoms with van der Waals surface area (Å²) >= 11 is 0. The van der Waals surface area contributed by atoms with Gasteiger partial charge in [0.25, 0.3) is 0 Å². The molecule has 5 aliphatic rings. The summed E-state index contributed by atoms with van der Waals surface area (Å²) in [5, 5.41) is 0. The first-order valence-corrected chi connectivity index (χ1v) is 21.4. The predicted molar refractivity (Wildman–Crippen MR) is 224 cm³/mol. The summed E-state index contributed by atoms with van der Waals surface area (Å²) < 4.78 is 0. The second kappa shape index (κ2) is 13.6. The van der Waals surface area contributed by atoms with Gasteiger partial charge in [-0.3, -0.25) is 0 Å². The van der Waals surface area contributed by atoms with E-state index in [1.807, 2.05) is 0 Å². The van der Waals surface area contributed by atoms with E-state index in [1.165, 1.54) is 151 Å². The van der Waals surface area contributed by atoms with Gasteiger partial charge in [-0.15, -0.1) is 0 Å². The molecule has 4 saturated carbocycles. The first-order valence-electron chi connectivity index (χ1n) is 21.4. The lowest BCUT2D eigenvalue weighted by molar-refractivity contribution is 0.420. The molecule has 270 valence electrons. The minimum atomic E-state index is -0.0964. The normalized spacial score (nSPS) is 23.5. The molecule has 0 aliphatic heterocycles. The van der Waals surface area contributed by atoms with Crippen LogP contribution in [0.4, 0.5) is 17.1 Å². The van der Waals surface area contributed by atoms with Crippen molar-refractivity contribution in [3.8, 4) is 22.3 Å². The third-order valence-corrected chi connectivity index (χ3v) is 14.8. The summed E-state index contributed by atoms with van der Waals surface area (Å²) in [6.07, 6.45) is 19.3. The van der Waals surface area contributed by atoms with Crippen LogP contribution in [0.3, 0.4) is 0 Å². The molecule has 1 heteroatoms. The van der Waals surface area contributed by atoms with E-state index in [9.17, 15) is 0 Å². The second-order valence-electron chi connectivity index (χ2n) is 18.2. The fourth-order valence-electron chi connectivity index (χ4n) is 11.8. The minimum absolute atomic E-state index is 0.0964. The van der Waals surface area contributed by atoms with Crippen LogP contribution in [0.25, 0.3) is 22.3 Å². The van der Waals surface area contributed by atoms with E-state index in [-0.39, 0.29) is 5.41 Å². The molecule has 10 rings (SSSR count). The van der Waals surface area contributed by atoms with Crippen LogP contribution >= 0.6 is 0 Å². The highest BCUT2D eigenvalue weighted by Crippen LogP contribution is 2.56. The van der Waals surface area contributed by atoms with Crippen molar-refractivity contribution in [2.75, 3.05) is 4.90 Å². The number of nitrogens with zero attached hydrogens (tertiary/aromatic N) is 1. The third kappa shape index (κ3) is 5.98. The van der Waals surface area contributed by atoms with Gasteiger partial charge in [-0.25, -0.2) is 0 Å². The highest BCUT2D eigenvalue weighted by Gasteiger charge is 2.40. The lowest BCUT2D eigenvalue weighted by Crippen LogP contribution is -2.17. The van der Waals surface area contributed by atoms with E-state index in [0.29, 0.717) is 11.8 Å². The maximum Gasteiger partial charge on any atom is 0.0471 e. The van der Waals surface area contributed by atoms with Crippen molar-refractivity contribution in [3.05, 3.63) is 137 Å². The zero-order valence-electron chi connectivity index (χ0n) is 32.1. The predicted octanol–water partition coefficient (Wildman–Crippen LogP) is 15.1. The summed E-state index contributed by atoms with van der Waals surface area (Å²) in [5.74, 6) is 4.01. The van der Waals surface area contributed by atoms with Gasteiger partial charge >= 0.3 is 0 Å². The van der Waals surface area contributed by atoms with Gasteiger partial charge in [0.1, 0.15) is 0 Å². The molecule has 0 heterocycles. The van der Waals surface area contributed by atoms with Crippen LogP contribution in [0.2, 0.25) is 0 Å². The SMILES string of the molecule is CC1(C)c2ccccc2-c2c(-c3ccc(C4CCCCC4)cc3)cc(N(c3ccc(C4CCCCC4)cc3)c3ccc(C4CC5CCC4C5)cc3)cc21. The molecule has 5 aromatic carbocycles. The van der Waals surface area contributed by atoms with E-state index in [1.54, 1.807) is 5.56 Å². The van der Waals surface area contributed by atoms with Crippen molar-refractivity contribution >= 4 is 17.1 Å². The highest BCUT2D eigenvalue weighted by molar-refractivity contribution is 5.96. The van der Waals surface area contributed by atoms with Crippen molar-refractivity contribution in [2.24, 2.45) is 11.8 Å². The average Bonchev–Trinajstić information content (AvgIpc) is 3.92. The van der Waals surface area contributed by atoms with Crippen LogP contribution in [0.5, 0.6) is 0 Å². The number of rotatable bonds is 7. The standard InChI is InChI=1S/C52H57N/c1-52(2)49-16-10-9-15-46(49)51-48(41-21-19-38(20-22-41)36-11-5-3-6-12-36)33-45(34-50(51)52)53(43-27-23-39(24-28-43)37-13-7-4-8-14-37)44-29-25-40(26-30-44)47-32-35-17-18-42(47)31-35/h9-10,15-16,19-30,33-37,42,47H,3-8,11-14,17-18,31-32H2,1-2H3. The first kappa shape index (κ1) is 33.5. The molecule has 3 atom stereocenters. The molecule has 0 radical (unpaired) electrons. The summed E-state index contributed by atoms with van der Waals surface area (Å²) in [6, 6.07) is 43.5. The van der Waals surface area contributed by atoms with Crippen LogP contribution < -0.4 is 4.90 Å². The summed E-state index contributed by atoms with van der Waals surface area (Å²) in [6.45, 7) is 4.87. The molecule has 5 aromatic rings. The second-order valence-corrected chi connectivity index (χ2v) is 18.2. The quantitative estimate of drug-likeness (QED) is 0.164. The van der Waals surface area contributed by atoms with Crippen molar-refractivity contribution < 1.29 is 0 Å². The van der Waals surface area contributed by atoms with Crippen molar-refractivity contribution in [2.45, 2.75) is 127 Å². The van der Waals surface area contributed by atoms with Crippen molar-refractivity contribution in [1.82, 2.24) is 0 Å². The molecule has 0 saturated heterocycles. The molecule has 0 aromatic heterocycles. The van der Waals surface area contributed by atoms with Crippen LogP contribution in [-0.4, -0.2) is 0 Å². The fraction of sp³-hybridized carbons (Fsp3) is 0.423. The van der Waals surface area contributed by atoms with Gasteiger partial charge in [-0.05, 0) is 161 Å². The van der Waals surface area contributed by atoms with E-state index >= 15 is 0 Å². The van der Waals surface area contributed by atoms with Gasteiger partial charge in [-0.1, -0.05) is 132 Å². The molecule has 53 heavy (non-hydrogen) atoms. The lowest BCUT2D eigenvalue weighted by atomic mass is 9.81. The molecule has 5 aliphatic carbocycles. The number of hydrogen-bond acceptors (Lipinski definition) is 1. The Kier molecular flexibility index (Phi) is 8.61. The molecule has 1 nitrogen and oxygen atoms in total. The molecule has 0 amide bonds. The molecule has 0 N–H and O–H groups in total. The van der Waals surface area contributed by atoms with Gasteiger partial charge in [0.15, 0.2) is 0 Å². The molecular weight excluding hydrogens is 639 g/mol. The maximum absolute atomic E-state index is 2.56. The zero-order valence-corrected chi connectivity index (χ0v) is 32.1. The molecule has 4 fully saturated rings. The highest BCUT2D eigenvalue weighted by atomic mass is 15.1. The zero-order chi connectivity index (χ0) is 35.5. The Morgan fingerprint density at radius 1 is 0.491 bits per heavy atom. The van der Waals surface area contributed by atoms with Crippen LogP contribution in [0, 0.1) is 11.8 Å². The minimum Gasteiger partial charge on any atom is -0.310 e. The molecule has 2 bridgehead atoms. The first-order chi connectivity index (χ1) is 26.0. The van der Waals surface area contributed by atoms with Gasteiger partial charge in [0.2, 0.25) is 0 Å². The van der Waals surface area contributed by atoms with Crippen LogP contribution in [0.1, 0.15) is 149 Å². The fourth-order valence-corrected chi connectivity index (χ4v) is 11.8. The number of hydrogen-bond donors (Lipinski definition) is 0. The Morgan fingerprint density at radius 3 is 1.66 bits per heavy atom. The number of fused-ring (bicyclic) bond motifs is 5. The van der Waals surface area contributed by atoms with E-state index in [2.05, 4.69) is 128 Å².